The van der Waals surface area contributed by atoms with E-state index in [9.17, 15) is 27.2 Å². The Morgan fingerprint density at radius 1 is 1.12 bits per heavy atom. The van der Waals surface area contributed by atoms with Crippen molar-refractivity contribution in [3.63, 3.8) is 0 Å². The lowest BCUT2D eigenvalue weighted by Gasteiger charge is -2.08. The summed E-state index contributed by atoms with van der Waals surface area (Å²) in [6.45, 7) is -0.0124. The van der Waals surface area contributed by atoms with Crippen molar-refractivity contribution < 1.29 is 37.1 Å². The predicted octanol–water partition coefficient (Wildman–Crippen LogP) is 2.49. The van der Waals surface area contributed by atoms with Crippen LogP contribution in [0.5, 0.6) is 0 Å². The minimum atomic E-state index is -5.08. The number of aliphatic carboxylic acids is 1. The molecule has 1 saturated carbocycles. The molecule has 16 heteroatoms. The highest BCUT2D eigenvalue weighted by molar-refractivity contribution is 5.91. The molecule has 0 bridgehead atoms. The monoisotopic (exact) mass is 566 g/mol. The first-order valence-corrected chi connectivity index (χ1v) is 12.1. The first-order valence-electron chi connectivity index (χ1n) is 12.1. The number of hydrogen-bond donors (Lipinski definition) is 3. The highest BCUT2D eigenvalue weighted by Crippen LogP contribution is 2.39. The van der Waals surface area contributed by atoms with Crippen molar-refractivity contribution in [3.05, 3.63) is 59.3 Å². The number of halogens is 4. The molecule has 0 spiro atoms. The van der Waals surface area contributed by atoms with Gasteiger partial charge in [0, 0.05) is 18.9 Å². The van der Waals surface area contributed by atoms with Gasteiger partial charge in [0.2, 0.25) is 5.91 Å². The second kappa shape index (κ2) is 13.5. The Labute approximate surface area is 225 Å². The van der Waals surface area contributed by atoms with Gasteiger partial charge in [-0.25, -0.2) is 13.9 Å². The van der Waals surface area contributed by atoms with Crippen molar-refractivity contribution >= 4 is 23.6 Å². The van der Waals surface area contributed by atoms with Crippen LogP contribution in [-0.4, -0.2) is 72.5 Å². The number of amides is 2. The largest absolute Gasteiger partial charge is 0.490 e. The van der Waals surface area contributed by atoms with E-state index in [2.05, 4.69) is 36.1 Å². The Bertz CT molecular complexity index is 1310. The zero-order valence-corrected chi connectivity index (χ0v) is 21.2. The van der Waals surface area contributed by atoms with E-state index in [0.29, 0.717) is 23.9 Å². The van der Waals surface area contributed by atoms with Crippen LogP contribution in [0.15, 0.2) is 36.7 Å². The van der Waals surface area contributed by atoms with Gasteiger partial charge in [0.1, 0.15) is 6.17 Å². The number of aryl methyl sites for hydroxylation is 1. The average molecular weight is 567 g/mol. The average Bonchev–Trinajstić information content (AvgIpc) is 3.66. The molecular formula is C24H26F4N8O4. The van der Waals surface area contributed by atoms with Crippen molar-refractivity contribution in [1.29, 1.82) is 0 Å². The number of aromatic nitrogens is 6. The fourth-order valence-electron chi connectivity index (χ4n) is 3.39. The van der Waals surface area contributed by atoms with Crippen LogP contribution in [0.2, 0.25) is 0 Å². The van der Waals surface area contributed by atoms with Gasteiger partial charge in [0.25, 0.3) is 5.91 Å². The number of carbonyl (C=O) groups is 3. The van der Waals surface area contributed by atoms with Crippen LogP contribution in [0.25, 0.3) is 0 Å². The van der Waals surface area contributed by atoms with E-state index in [1.807, 2.05) is 12.1 Å². The standard InChI is InChI=1S/C22H25FN8O2.C2HF3O2/c1-24-22(33)19-13-31(30-28-19)12-16(23)4-5-17-6-7-20(29-27-17)26-21(32)11-18-10-15(8-9-25-18)14-2-3-14;3-2(4,5)1(6)7/h6-10,13-14,16H,2-5,11-12H2,1H3,(H,24,33)(H,26,29,32);(H,6,7). The molecule has 2 amide bonds. The molecule has 1 aliphatic rings. The number of alkyl halides is 4. The molecule has 4 rings (SSSR count). The maximum atomic E-state index is 14.3. The molecule has 3 aromatic heterocycles. The third-order valence-corrected chi connectivity index (χ3v) is 5.56. The van der Waals surface area contributed by atoms with Gasteiger partial charge >= 0.3 is 12.1 Å². The van der Waals surface area contributed by atoms with Gasteiger partial charge in [-0.05, 0) is 61.4 Å². The molecule has 0 aromatic carbocycles. The first kappa shape index (κ1) is 30.0. The number of pyridine rings is 1. The van der Waals surface area contributed by atoms with E-state index < -0.39 is 18.3 Å². The molecule has 1 aliphatic carbocycles. The summed E-state index contributed by atoms with van der Waals surface area (Å²) in [5, 5.41) is 27.8. The van der Waals surface area contributed by atoms with E-state index in [0.717, 1.165) is 5.69 Å². The molecule has 3 aromatic rings. The topological polar surface area (TPSA) is 165 Å². The summed E-state index contributed by atoms with van der Waals surface area (Å²) in [5.41, 5.74) is 2.71. The Kier molecular flexibility index (Phi) is 10.2. The van der Waals surface area contributed by atoms with E-state index >= 15 is 0 Å². The Morgan fingerprint density at radius 2 is 1.85 bits per heavy atom. The Morgan fingerprint density at radius 3 is 2.45 bits per heavy atom. The molecular weight excluding hydrogens is 540 g/mol. The SMILES string of the molecule is CNC(=O)c1cn(CC(F)CCc2ccc(NC(=O)Cc3cc(C4CC4)ccn3)nn2)nn1.O=C(O)C(F)(F)F. The second-order valence-corrected chi connectivity index (χ2v) is 8.83. The van der Waals surface area contributed by atoms with Crippen molar-refractivity contribution in [1.82, 2.24) is 35.5 Å². The fourth-order valence-corrected chi connectivity index (χ4v) is 3.39. The molecule has 3 N–H and O–H groups in total. The summed E-state index contributed by atoms with van der Waals surface area (Å²) in [5.74, 6) is -2.41. The molecule has 214 valence electrons. The maximum Gasteiger partial charge on any atom is 0.490 e. The van der Waals surface area contributed by atoms with Gasteiger partial charge in [-0.3, -0.25) is 14.6 Å². The summed E-state index contributed by atoms with van der Waals surface area (Å²) in [6.07, 6.45) is 0.00400. The fraction of sp³-hybridized carbons (Fsp3) is 0.417. The number of hydrogen-bond acceptors (Lipinski definition) is 8. The Balaban J connectivity index is 0.000000559. The third-order valence-electron chi connectivity index (χ3n) is 5.56. The lowest BCUT2D eigenvalue weighted by atomic mass is 10.1. The maximum absolute atomic E-state index is 14.3. The molecule has 12 nitrogen and oxygen atoms in total. The summed E-state index contributed by atoms with van der Waals surface area (Å²) in [4.78, 5) is 37.0. The number of carbonyl (C=O) groups excluding carboxylic acids is 2. The van der Waals surface area contributed by atoms with Crippen molar-refractivity contribution in [2.24, 2.45) is 0 Å². The van der Waals surface area contributed by atoms with E-state index in [1.165, 1.54) is 36.3 Å². The first-order chi connectivity index (χ1) is 18.9. The normalized spacial score (nSPS) is 13.5. The van der Waals surface area contributed by atoms with Gasteiger partial charge in [-0.2, -0.15) is 18.3 Å². The Hall–Kier alpha value is -4.50. The van der Waals surface area contributed by atoms with Crippen LogP contribution >= 0.6 is 0 Å². The van der Waals surface area contributed by atoms with Gasteiger partial charge in [0.05, 0.1) is 24.9 Å². The van der Waals surface area contributed by atoms with Gasteiger partial charge in [0.15, 0.2) is 11.5 Å². The van der Waals surface area contributed by atoms with Gasteiger partial charge in [-0.1, -0.05) is 5.21 Å². The molecule has 3 heterocycles. The smallest absolute Gasteiger partial charge is 0.475 e. The molecule has 0 saturated heterocycles. The van der Waals surface area contributed by atoms with Crippen LogP contribution in [0.3, 0.4) is 0 Å². The lowest BCUT2D eigenvalue weighted by molar-refractivity contribution is -0.192. The zero-order valence-electron chi connectivity index (χ0n) is 21.2. The molecule has 0 radical (unpaired) electrons. The second-order valence-electron chi connectivity index (χ2n) is 8.83. The van der Waals surface area contributed by atoms with E-state index in [4.69, 9.17) is 9.90 Å². The third kappa shape index (κ3) is 9.67. The van der Waals surface area contributed by atoms with Crippen LogP contribution in [0, 0.1) is 0 Å². The summed E-state index contributed by atoms with van der Waals surface area (Å²) in [7, 11) is 1.49. The highest BCUT2D eigenvalue weighted by Gasteiger charge is 2.38. The number of carboxylic acid groups (broad SMARTS) is 1. The highest BCUT2D eigenvalue weighted by atomic mass is 19.4. The van der Waals surface area contributed by atoms with E-state index in [1.54, 1.807) is 18.3 Å². The number of nitrogens with one attached hydrogen (secondary N) is 2. The molecule has 0 aliphatic heterocycles. The van der Waals surface area contributed by atoms with Crippen LogP contribution < -0.4 is 10.6 Å². The van der Waals surface area contributed by atoms with Crippen molar-refractivity contribution in [2.45, 2.75) is 56.9 Å². The number of anilines is 1. The molecule has 1 atom stereocenters. The molecule has 1 fully saturated rings. The minimum Gasteiger partial charge on any atom is -0.475 e. The number of carboxylic acids is 1. The van der Waals surface area contributed by atoms with Gasteiger partial charge in [-0.15, -0.1) is 10.2 Å². The van der Waals surface area contributed by atoms with E-state index in [-0.39, 0.29) is 36.9 Å². The number of rotatable bonds is 10. The lowest BCUT2D eigenvalue weighted by Crippen LogP contribution is -2.21. The molecule has 1 unspecified atom stereocenters. The summed E-state index contributed by atoms with van der Waals surface area (Å²) < 4.78 is 47.3. The van der Waals surface area contributed by atoms with Gasteiger partial charge < -0.3 is 15.7 Å². The number of nitrogens with zero attached hydrogens (tertiary/aromatic N) is 6. The minimum absolute atomic E-state index is 0.0124. The predicted molar refractivity (Wildman–Crippen MR) is 131 cm³/mol. The summed E-state index contributed by atoms with van der Waals surface area (Å²) in [6, 6.07) is 7.34. The quantitative estimate of drug-likeness (QED) is 0.313. The van der Waals surface area contributed by atoms with Crippen LogP contribution in [0.1, 0.15) is 52.6 Å². The van der Waals surface area contributed by atoms with Crippen LogP contribution in [0.4, 0.5) is 23.4 Å². The van der Waals surface area contributed by atoms with Crippen molar-refractivity contribution in [2.75, 3.05) is 12.4 Å². The van der Waals surface area contributed by atoms with Crippen molar-refractivity contribution in [3.8, 4) is 0 Å². The summed E-state index contributed by atoms with van der Waals surface area (Å²) >= 11 is 0. The zero-order chi connectivity index (χ0) is 29.3. The van der Waals surface area contributed by atoms with Crippen LogP contribution in [-0.2, 0) is 29.0 Å². The molecule has 40 heavy (non-hydrogen) atoms.